The summed E-state index contributed by atoms with van der Waals surface area (Å²) in [6, 6.07) is 14.7. The highest BCUT2D eigenvalue weighted by atomic mass is 16.3. The highest BCUT2D eigenvalue weighted by molar-refractivity contribution is 6.25. The molecular formula is C44H28O. The molecule has 9 aromatic rings. The molecule has 0 radical (unpaired) electrons. The van der Waals surface area contributed by atoms with Crippen LogP contribution in [0.2, 0.25) is 0 Å². The Balaban J connectivity index is 1.43. The predicted octanol–water partition coefficient (Wildman–Crippen LogP) is 12.6. The Bertz CT molecular complexity index is 3260. The summed E-state index contributed by atoms with van der Waals surface area (Å²) in [7, 11) is 0. The number of rotatable bonds is 4. The predicted molar refractivity (Wildman–Crippen MR) is 190 cm³/mol. The maximum Gasteiger partial charge on any atom is 0.136 e. The van der Waals surface area contributed by atoms with E-state index in [0.717, 1.165) is 0 Å². The van der Waals surface area contributed by atoms with Crippen molar-refractivity contribution in [1.29, 1.82) is 0 Å². The fourth-order valence-corrected chi connectivity index (χ4v) is 5.99. The molecule has 0 aliphatic heterocycles. The van der Waals surface area contributed by atoms with Gasteiger partial charge in [-0.05, 0) is 84.2 Å². The second kappa shape index (κ2) is 10.4. The molecule has 0 spiro atoms. The normalized spacial score (nSPS) is 16.2. The molecule has 0 atom stereocenters. The van der Waals surface area contributed by atoms with E-state index >= 15 is 0 Å². The number of hydrogen-bond acceptors (Lipinski definition) is 1. The molecule has 1 nitrogen and oxygen atoms in total. The first-order chi connectivity index (χ1) is 28.6. The van der Waals surface area contributed by atoms with Crippen LogP contribution in [0.5, 0.6) is 0 Å². The summed E-state index contributed by atoms with van der Waals surface area (Å²) in [6.07, 6.45) is 0. The van der Waals surface area contributed by atoms with Crippen LogP contribution in [0.15, 0.2) is 174 Å². The molecule has 45 heavy (non-hydrogen) atoms. The Morgan fingerprint density at radius 3 is 1.64 bits per heavy atom. The fraction of sp³-hybridized carbons (Fsp3) is 0. The van der Waals surface area contributed by atoms with Crippen LogP contribution < -0.4 is 0 Å². The minimum absolute atomic E-state index is 0.0248. The van der Waals surface area contributed by atoms with Gasteiger partial charge in [-0.1, -0.05) is 151 Å². The molecule has 0 amide bonds. The second-order valence-corrected chi connectivity index (χ2v) is 10.5. The average molecular weight is 588 g/mol. The van der Waals surface area contributed by atoms with Crippen LogP contribution >= 0.6 is 0 Å². The van der Waals surface area contributed by atoms with Gasteiger partial charge in [0, 0.05) is 10.8 Å². The monoisotopic (exact) mass is 587 g/mol. The minimum atomic E-state index is -0.686. The Morgan fingerprint density at radius 1 is 0.378 bits per heavy atom. The molecule has 0 bridgehead atoms. The smallest absolute Gasteiger partial charge is 0.136 e. The van der Waals surface area contributed by atoms with Gasteiger partial charge in [0.25, 0.3) is 0 Å². The zero-order valence-electron chi connectivity index (χ0n) is 38.4. The molecule has 0 N–H and O–H groups in total. The van der Waals surface area contributed by atoms with Gasteiger partial charge in [0.05, 0.1) is 20.6 Å². The topological polar surface area (TPSA) is 13.1 Å². The Hall–Kier alpha value is -5.92. The number of fused-ring (bicyclic) bond motifs is 5. The van der Waals surface area contributed by atoms with Gasteiger partial charge in [-0.15, -0.1) is 0 Å². The molecule has 0 saturated heterocycles. The van der Waals surface area contributed by atoms with Crippen LogP contribution in [0.25, 0.3) is 88.0 Å². The van der Waals surface area contributed by atoms with Crippen molar-refractivity contribution in [2.75, 3.05) is 0 Å². The molecule has 0 fully saturated rings. The molecule has 0 saturated carbocycles. The molecule has 0 aliphatic carbocycles. The zero-order chi connectivity index (χ0) is 42.8. The maximum absolute atomic E-state index is 9.42. The molecule has 0 aliphatic rings. The van der Waals surface area contributed by atoms with Crippen molar-refractivity contribution >= 4 is 43.5 Å². The third kappa shape index (κ3) is 4.17. The zero-order valence-corrected chi connectivity index (χ0v) is 23.4. The Labute approximate surface area is 282 Å². The summed E-state index contributed by atoms with van der Waals surface area (Å²) in [5.41, 5.74) is 0.119. The van der Waals surface area contributed by atoms with Crippen molar-refractivity contribution in [3.63, 3.8) is 0 Å². The van der Waals surface area contributed by atoms with E-state index in [1.807, 2.05) is 0 Å². The molecule has 1 heteroatoms. The lowest BCUT2D eigenvalue weighted by Gasteiger charge is -2.18. The SMILES string of the molecule is [2H]c1c([2H])c([2H])c(-c2c([2H])c([2H])c(-c3c4ccccc4c(-c4c([2H])c([2H])c([2H])c5oc6c([2H])c(-c7ccccc7)c([2H])c([2H])c6c45)c4ccccc34)c([2H])c2[2H])c([2H])c1[2H]. The van der Waals surface area contributed by atoms with Crippen molar-refractivity contribution in [3.8, 4) is 44.5 Å². The van der Waals surface area contributed by atoms with Crippen molar-refractivity contribution in [3.05, 3.63) is 169 Å². The molecule has 0 unspecified atom stereocenters. The number of benzene rings is 8. The van der Waals surface area contributed by atoms with E-state index in [9.17, 15) is 6.85 Å². The Kier molecular flexibility index (Phi) is 3.39. The summed E-state index contributed by atoms with van der Waals surface area (Å²) in [6.45, 7) is 0. The van der Waals surface area contributed by atoms with Crippen molar-refractivity contribution < 1.29 is 25.0 Å². The van der Waals surface area contributed by atoms with Crippen LogP contribution in [0.3, 0.4) is 0 Å². The quantitative estimate of drug-likeness (QED) is 0.187. The summed E-state index contributed by atoms with van der Waals surface area (Å²) >= 11 is 0. The summed E-state index contributed by atoms with van der Waals surface area (Å²) < 4.78 is 140. The Morgan fingerprint density at radius 2 is 0.956 bits per heavy atom. The van der Waals surface area contributed by atoms with Crippen molar-refractivity contribution in [1.82, 2.24) is 0 Å². The highest BCUT2D eigenvalue weighted by Gasteiger charge is 2.20. The van der Waals surface area contributed by atoms with Crippen LogP contribution in [-0.4, -0.2) is 0 Å². The van der Waals surface area contributed by atoms with Gasteiger partial charge in [-0.25, -0.2) is 0 Å². The third-order valence-corrected chi connectivity index (χ3v) is 7.94. The maximum atomic E-state index is 9.42. The first-order valence-electron chi connectivity index (χ1n) is 21.7. The van der Waals surface area contributed by atoms with E-state index < -0.39 is 77.6 Å². The van der Waals surface area contributed by atoms with Gasteiger partial charge in [0.1, 0.15) is 11.2 Å². The molecule has 1 aromatic heterocycles. The lowest BCUT2D eigenvalue weighted by Crippen LogP contribution is -1.91. The molecule has 8 aromatic carbocycles. The third-order valence-electron chi connectivity index (χ3n) is 7.94. The van der Waals surface area contributed by atoms with Gasteiger partial charge in [-0.2, -0.15) is 0 Å². The van der Waals surface area contributed by atoms with Gasteiger partial charge in [0.15, 0.2) is 0 Å². The van der Waals surface area contributed by atoms with E-state index in [1.165, 1.54) is 0 Å². The van der Waals surface area contributed by atoms with Crippen LogP contribution in [0.1, 0.15) is 20.6 Å². The first kappa shape index (κ1) is 14.7. The highest BCUT2D eigenvalue weighted by Crippen LogP contribution is 2.47. The van der Waals surface area contributed by atoms with Gasteiger partial charge < -0.3 is 4.42 Å². The van der Waals surface area contributed by atoms with Gasteiger partial charge in [-0.3, -0.25) is 0 Å². The van der Waals surface area contributed by atoms with Crippen LogP contribution in [0, 0.1) is 0 Å². The molecule has 210 valence electrons. The van der Waals surface area contributed by atoms with Crippen LogP contribution in [-0.2, 0) is 0 Å². The van der Waals surface area contributed by atoms with E-state index in [2.05, 4.69) is 0 Å². The largest absolute Gasteiger partial charge is 0.456 e. The second-order valence-electron chi connectivity index (χ2n) is 10.5. The summed E-state index contributed by atoms with van der Waals surface area (Å²) in [5.74, 6) is 0. The fourth-order valence-electron chi connectivity index (χ4n) is 5.99. The standard InChI is InChI=1S/C44H28O/c1-3-12-29(13-4-1)31-22-24-32(25-23-31)42-34-16-7-9-18-36(34)43(37-19-10-8-17-35(37)42)39-20-11-21-40-44(39)38-27-26-33(28-41(38)45-40)30-14-5-2-6-15-30/h1-28H/i1D,3D,4D,11D,12D,13D,20D,21D,22D,23D,24D,25D,26D,27D,28D. The first-order valence-corrected chi connectivity index (χ1v) is 14.2. The van der Waals surface area contributed by atoms with E-state index in [0.29, 0.717) is 32.7 Å². The van der Waals surface area contributed by atoms with E-state index in [4.69, 9.17) is 18.1 Å². The molecule has 1 heterocycles. The minimum Gasteiger partial charge on any atom is -0.456 e. The van der Waals surface area contributed by atoms with E-state index in [-0.39, 0.29) is 68.4 Å². The van der Waals surface area contributed by atoms with Crippen LogP contribution in [0.4, 0.5) is 0 Å². The molecule has 9 rings (SSSR count). The summed E-state index contributed by atoms with van der Waals surface area (Å²) in [4.78, 5) is 0. The van der Waals surface area contributed by atoms with Gasteiger partial charge in [0.2, 0.25) is 0 Å². The van der Waals surface area contributed by atoms with E-state index in [1.54, 1.807) is 78.9 Å². The van der Waals surface area contributed by atoms with Crippen molar-refractivity contribution in [2.45, 2.75) is 0 Å². The lowest BCUT2D eigenvalue weighted by atomic mass is 9.84. The number of hydrogen-bond donors (Lipinski definition) is 0. The number of furan rings is 1. The van der Waals surface area contributed by atoms with Gasteiger partial charge >= 0.3 is 0 Å². The van der Waals surface area contributed by atoms with Crippen molar-refractivity contribution in [2.24, 2.45) is 0 Å². The lowest BCUT2D eigenvalue weighted by molar-refractivity contribution is 0.669. The average Bonchev–Trinajstić information content (AvgIpc) is 3.66. The summed E-state index contributed by atoms with van der Waals surface area (Å²) in [5, 5.41) is 1.80. The molecular weight excluding hydrogens is 544 g/mol.